The number of nitrogens with one attached hydrogen (secondary N) is 1. The molecule has 0 radical (unpaired) electrons. The second-order valence-electron chi connectivity index (χ2n) is 5.56. The molecule has 0 saturated heterocycles. The number of benzene rings is 1. The summed E-state index contributed by atoms with van der Waals surface area (Å²) in [6, 6.07) is 3.93. The molecule has 4 heteroatoms. The van der Waals surface area contributed by atoms with Crippen LogP contribution in [-0.2, 0) is 6.54 Å². The van der Waals surface area contributed by atoms with Crippen molar-refractivity contribution in [1.29, 1.82) is 0 Å². The Labute approximate surface area is 128 Å². The summed E-state index contributed by atoms with van der Waals surface area (Å²) in [6.07, 6.45) is 3.77. The van der Waals surface area contributed by atoms with Gasteiger partial charge in [0, 0.05) is 12.1 Å². The number of hydrogen-bond donors (Lipinski definition) is 1. The molecule has 4 nitrogen and oxygen atoms in total. The lowest BCUT2D eigenvalue weighted by atomic mass is 10.1. The van der Waals surface area contributed by atoms with Crippen LogP contribution in [0.15, 0.2) is 12.1 Å². The van der Waals surface area contributed by atoms with Crippen LogP contribution in [0.4, 0.5) is 0 Å². The first-order chi connectivity index (χ1) is 10.1. The molecule has 0 aliphatic heterocycles. The van der Waals surface area contributed by atoms with E-state index in [1.807, 2.05) is 12.1 Å². The van der Waals surface area contributed by atoms with Crippen LogP contribution in [0.1, 0.15) is 38.7 Å². The van der Waals surface area contributed by atoms with Gasteiger partial charge in [-0.15, -0.1) is 0 Å². The van der Waals surface area contributed by atoms with Crippen molar-refractivity contribution in [2.75, 3.05) is 27.9 Å². The fourth-order valence-electron chi connectivity index (χ4n) is 2.33. The smallest absolute Gasteiger partial charge is 0.203 e. The van der Waals surface area contributed by atoms with Crippen molar-refractivity contribution in [3.8, 4) is 17.2 Å². The predicted molar refractivity (Wildman–Crippen MR) is 86.5 cm³/mol. The van der Waals surface area contributed by atoms with Crippen molar-refractivity contribution in [2.45, 2.75) is 39.7 Å². The minimum Gasteiger partial charge on any atom is -0.493 e. The monoisotopic (exact) mass is 295 g/mol. The summed E-state index contributed by atoms with van der Waals surface area (Å²) in [5.74, 6) is 2.87. The SMILES string of the molecule is COc1ccc(CNCCCCC(C)C)c(OC)c1OC. The Morgan fingerprint density at radius 2 is 1.67 bits per heavy atom. The molecule has 0 fully saturated rings. The van der Waals surface area contributed by atoms with Gasteiger partial charge in [-0.3, -0.25) is 0 Å². The first kappa shape index (κ1) is 17.6. The van der Waals surface area contributed by atoms with Crippen LogP contribution in [-0.4, -0.2) is 27.9 Å². The number of ether oxygens (including phenoxy) is 3. The van der Waals surface area contributed by atoms with E-state index in [0.717, 1.165) is 30.3 Å². The van der Waals surface area contributed by atoms with Crippen molar-refractivity contribution in [3.05, 3.63) is 17.7 Å². The fraction of sp³-hybridized carbons (Fsp3) is 0.647. The standard InChI is InChI=1S/C17H29NO3/c1-13(2)8-6-7-11-18-12-14-9-10-15(19-3)17(21-5)16(14)20-4/h9-10,13,18H,6-8,11-12H2,1-5H3. The van der Waals surface area contributed by atoms with Crippen LogP contribution >= 0.6 is 0 Å². The van der Waals surface area contributed by atoms with Gasteiger partial charge in [0.25, 0.3) is 0 Å². The molecule has 0 amide bonds. The largest absolute Gasteiger partial charge is 0.493 e. The molecule has 0 heterocycles. The quantitative estimate of drug-likeness (QED) is 0.669. The van der Waals surface area contributed by atoms with E-state index in [4.69, 9.17) is 14.2 Å². The average molecular weight is 295 g/mol. The highest BCUT2D eigenvalue weighted by molar-refractivity contribution is 5.55. The molecule has 0 saturated carbocycles. The van der Waals surface area contributed by atoms with E-state index in [1.165, 1.54) is 19.3 Å². The molecule has 1 aromatic rings. The zero-order valence-corrected chi connectivity index (χ0v) is 14.0. The van der Waals surface area contributed by atoms with Gasteiger partial charge in [0.1, 0.15) is 0 Å². The molecule has 1 N–H and O–H groups in total. The van der Waals surface area contributed by atoms with Crippen molar-refractivity contribution < 1.29 is 14.2 Å². The summed E-state index contributed by atoms with van der Waals surface area (Å²) in [7, 11) is 4.91. The Bertz CT molecular complexity index is 419. The van der Waals surface area contributed by atoms with Crippen LogP contribution in [0, 0.1) is 5.92 Å². The van der Waals surface area contributed by atoms with Crippen molar-refractivity contribution in [3.63, 3.8) is 0 Å². The third kappa shape index (κ3) is 5.46. The van der Waals surface area contributed by atoms with Gasteiger partial charge < -0.3 is 19.5 Å². The van der Waals surface area contributed by atoms with E-state index < -0.39 is 0 Å². The van der Waals surface area contributed by atoms with E-state index >= 15 is 0 Å². The Balaban J connectivity index is 2.55. The minimum absolute atomic E-state index is 0.652. The van der Waals surface area contributed by atoms with Crippen LogP contribution in [0.5, 0.6) is 17.2 Å². The highest BCUT2D eigenvalue weighted by Gasteiger charge is 2.15. The summed E-state index contributed by atoms with van der Waals surface area (Å²) in [6.45, 7) is 6.32. The first-order valence-electron chi connectivity index (χ1n) is 7.62. The molecule has 0 aliphatic rings. The van der Waals surface area contributed by atoms with Crippen LogP contribution in [0.2, 0.25) is 0 Å². The molecule has 0 unspecified atom stereocenters. The van der Waals surface area contributed by atoms with Gasteiger partial charge in [0.15, 0.2) is 11.5 Å². The second-order valence-corrected chi connectivity index (χ2v) is 5.56. The molecule has 0 spiro atoms. The molecule has 1 rings (SSSR count). The molecular formula is C17H29NO3. The Morgan fingerprint density at radius 1 is 0.952 bits per heavy atom. The molecule has 0 aliphatic carbocycles. The Hall–Kier alpha value is -1.42. The third-order valence-electron chi connectivity index (χ3n) is 3.49. The van der Waals surface area contributed by atoms with Crippen LogP contribution < -0.4 is 19.5 Å². The van der Waals surface area contributed by atoms with Crippen LogP contribution in [0.3, 0.4) is 0 Å². The van der Waals surface area contributed by atoms with Crippen LogP contribution in [0.25, 0.3) is 0 Å². The van der Waals surface area contributed by atoms with Gasteiger partial charge in [-0.1, -0.05) is 32.8 Å². The maximum atomic E-state index is 5.47. The van der Waals surface area contributed by atoms with E-state index in [0.29, 0.717) is 11.5 Å². The summed E-state index contributed by atoms with van der Waals surface area (Å²) in [5, 5.41) is 3.46. The zero-order chi connectivity index (χ0) is 15.7. The molecule has 120 valence electrons. The number of methoxy groups -OCH3 is 3. The normalized spacial score (nSPS) is 10.8. The molecule has 1 aromatic carbocycles. The Morgan fingerprint density at radius 3 is 2.24 bits per heavy atom. The van der Waals surface area contributed by atoms with Gasteiger partial charge in [-0.2, -0.15) is 0 Å². The van der Waals surface area contributed by atoms with Gasteiger partial charge in [0.05, 0.1) is 21.3 Å². The fourth-order valence-corrected chi connectivity index (χ4v) is 2.33. The summed E-state index contributed by atoms with van der Waals surface area (Å²) < 4.78 is 16.2. The molecule has 0 bridgehead atoms. The van der Waals surface area contributed by atoms with Gasteiger partial charge in [0.2, 0.25) is 5.75 Å². The molecular weight excluding hydrogens is 266 g/mol. The van der Waals surface area contributed by atoms with E-state index in [-0.39, 0.29) is 0 Å². The number of unbranched alkanes of at least 4 members (excludes halogenated alkanes) is 1. The van der Waals surface area contributed by atoms with Gasteiger partial charge in [-0.05, 0) is 24.9 Å². The van der Waals surface area contributed by atoms with Gasteiger partial charge >= 0.3 is 0 Å². The lowest BCUT2D eigenvalue weighted by molar-refractivity contribution is 0.321. The number of hydrogen-bond acceptors (Lipinski definition) is 4. The molecule has 0 aromatic heterocycles. The van der Waals surface area contributed by atoms with Crippen molar-refractivity contribution in [2.24, 2.45) is 5.92 Å². The minimum atomic E-state index is 0.652. The third-order valence-corrected chi connectivity index (χ3v) is 3.49. The summed E-state index contributed by atoms with van der Waals surface area (Å²) >= 11 is 0. The van der Waals surface area contributed by atoms with E-state index in [9.17, 15) is 0 Å². The van der Waals surface area contributed by atoms with Crippen molar-refractivity contribution in [1.82, 2.24) is 5.32 Å². The topological polar surface area (TPSA) is 39.7 Å². The maximum absolute atomic E-state index is 5.47. The van der Waals surface area contributed by atoms with E-state index in [1.54, 1.807) is 21.3 Å². The lowest BCUT2D eigenvalue weighted by Crippen LogP contribution is -2.15. The number of rotatable bonds is 10. The zero-order valence-electron chi connectivity index (χ0n) is 14.0. The highest BCUT2D eigenvalue weighted by atomic mass is 16.5. The van der Waals surface area contributed by atoms with Crippen molar-refractivity contribution >= 4 is 0 Å². The predicted octanol–water partition coefficient (Wildman–Crippen LogP) is 3.63. The van der Waals surface area contributed by atoms with Gasteiger partial charge in [-0.25, -0.2) is 0 Å². The van der Waals surface area contributed by atoms with E-state index in [2.05, 4.69) is 19.2 Å². The summed E-state index contributed by atoms with van der Waals surface area (Å²) in [4.78, 5) is 0. The second kappa shape index (κ2) is 9.50. The molecule has 0 atom stereocenters. The highest BCUT2D eigenvalue weighted by Crippen LogP contribution is 2.39. The molecule has 21 heavy (non-hydrogen) atoms. The summed E-state index contributed by atoms with van der Waals surface area (Å²) in [5.41, 5.74) is 1.08. The Kier molecular flexibility index (Phi) is 7.98. The first-order valence-corrected chi connectivity index (χ1v) is 7.62. The average Bonchev–Trinajstić information content (AvgIpc) is 2.49. The maximum Gasteiger partial charge on any atom is 0.203 e. The lowest BCUT2D eigenvalue weighted by Gasteiger charge is -2.16.